The van der Waals surface area contributed by atoms with E-state index in [4.69, 9.17) is 11.6 Å². The molecule has 1 aliphatic rings. The van der Waals surface area contributed by atoms with Gasteiger partial charge in [-0.2, -0.15) is 13.2 Å². The summed E-state index contributed by atoms with van der Waals surface area (Å²) < 4.78 is 72.0. The second-order valence-corrected chi connectivity index (χ2v) is 15.9. The fraction of sp³-hybridized carbons (Fsp3) is 0.316. The van der Waals surface area contributed by atoms with Gasteiger partial charge in [-0.3, -0.25) is 13.9 Å². The third-order valence-corrected chi connectivity index (χ3v) is 11.5. The minimum atomic E-state index is -4.90. The normalized spacial score (nSPS) is 14.5. The Hall–Kier alpha value is -3.87. The average molecular weight is 805 g/mol. The van der Waals surface area contributed by atoms with Gasteiger partial charge in [0.05, 0.1) is 21.2 Å². The first-order chi connectivity index (χ1) is 24.2. The van der Waals surface area contributed by atoms with Gasteiger partial charge in [0, 0.05) is 23.5 Å². The molecule has 1 atom stereocenters. The fourth-order valence-electron chi connectivity index (χ4n) is 6.18. The number of hydrogen-bond donors (Lipinski definition) is 1. The Kier molecular flexibility index (Phi) is 12.5. The van der Waals surface area contributed by atoms with Crippen LogP contribution in [0.4, 0.5) is 18.9 Å². The van der Waals surface area contributed by atoms with Crippen molar-refractivity contribution in [2.24, 2.45) is 0 Å². The van der Waals surface area contributed by atoms with Crippen LogP contribution in [0, 0.1) is 6.92 Å². The van der Waals surface area contributed by atoms with E-state index in [9.17, 15) is 31.2 Å². The van der Waals surface area contributed by atoms with Crippen LogP contribution < -0.4 is 9.62 Å². The van der Waals surface area contributed by atoms with E-state index >= 15 is 0 Å². The van der Waals surface area contributed by atoms with Crippen LogP contribution in [0.25, 0.3) is 0 Å². The summed E-state index contributed by atoms with van der Waals surface area (Å²) >= 11 is 9.37. The number of nitrogens with zero attached hydrogens (tertiary/aromatic N) is 2. The molecule has 5 rings (SSSR count). The summed E-state index contributed by atoms with van der Waals surface area (Å²) in [6.07, 6.45) is -0.207. The number of halogens is 5. The lowest BCUT2D eigenvalue weighted by atomic mass is 9.94. The van der Waals surface area contributed by atoms with Crippen molar-refractivity contribution in [3.05, 3.63) is 129 Å². The summed E-state index contributed by atoms with van der Waals surface area (Å²) in [5.41, 5.74) is 0.521. The molecule has 0 spiro atoms. The van der Waals surface area contributed by atoms with Gasteiger partial charge in [0.1, 0.15) is 12.6 Å². The van der Waals surface area contributed by atoms with Crippen molar-refractivity contribution >= 4 is 55.1 Å². The molecule has 0 aliphatic heterocycles. The zero-order valence-electron chi connectivity index (χ0n) is 27.9. The van der Waals surface area contributed by atoms with E-state index in [1.807, 2.05) is 36.4 Å². The van der Waals surface area contributed by atoms with E-state index in [2.05, 4.69) is 21.2 Å². The van der Waals surface area contributed by atoms with Crippen molar-refractivity contribution < 1.29 is 31.2 Å². The molecule has 0 radical (unpaired) electrons. The monoisotopic (exact) mass is 803 g/mol. The number of nitrogens with one attached hydrogen (secondary N) is 1. The minimum Gasteiger partial charge on any atom is -0.352 e. The number of carbonyl (C=O) groups excluding carboxylic acids is 2. The number of amides is 2. The van der Waals surface area contributed by atoms with Crippen molar-refractivity contribution in [1.29, 1.82) is 0 Å². The molecule has 1 N–H and O–H groups in total. The second-order valence-electron chi connectivity index (χ2n) is 12.7. The Bertz CT molecular complexity index is 1940. The summed E-state index contributed by atoms with van der Waals surface area (Å²) in [5, 5.41) is 2.51. The van der Waals surface area contributed by atoms with E-state index in [-0.39, 0.29) is 23.9 Å². The molecule has 7 nitrogen and oxygen atoms in total. The standard InChI is InChI=1S/C38H38BrClF3N3O4S/c1-26-15-18-32(19-16-26)51(49,50)46(31-17-20-34(40)33(23-31)38(41,42)43)25-36(47)45(24-28-11-8-12-29(39)21-28)35(22-27-9-4-2-5-10-27)37(48)44-30-13-6-3-7-14-30/h2,4-5,8-12,15-21,23,30,35H,3,6-7,13-14,22,24-25H2,1H3,(H,44,48). The van der Waals surface area contributed by atoms with E-state index in [0.717, 1.165) is 59.8 Å². The van der Waals surface area contributed by atoms with E-state index in [1.165, 1.54) is 17.0 Å². The highest BCUT2D eigenvalue weighted by molar-refractivity contribution is 9.10. The van der Waals surface area contributed by atoms with Crippen LogP contribution in [0.15, 0.2) is 106 Å². The Morgan fingerprint density at radius 2 is 1.57 bits per heavy atom. The molecule has 4 aromatic carbocycles. The molecule has 270 valence electrons. The van der Waals surface area contributed by atoms with Gasteiger partial charge in [0.2, 0.25) is 11.8 Å². The molecule has 2 amide bonds. The van der Waals surface area contributed by atoms with Crippen molar-refractivity contribution in [3.63, 3.8) is 0 Å². The summed E-state index contributed by atoms with van der Waals surface area (Å²) in [4.78, 5) is 30.0. The van der Waals surface area contributed by atoms with Crippen LogP contribution >= 0.6 is 27.5 Å². The number of rotatable bonds is 12. The molecule has 1 aliphatic carbocycles. The maximum Gasteiger partial charge on any atom is 0.417 e. The highest BCUT2D eigenvalue weighted by Crippen LogP contribution is 2.38. The molecule has 0 saturated heterocycles. The predicted octanol–water partition coefficient (Wildman–Crippen LogP) is 8.71. The Labute approximate surface area is 310 Å². The average Bonchev–Trinajstić information content (AvgIpc) is 3.09. The lowest BCUT2D eigenvalue weighted by Gasteiger charge is -2.35. The SMILES string of the molecule is Cc1ccc(S(=O)(=O)N(CC(=O)N(Cc2cccc(Br)c2)C(Cc2ccccc2)C(=O)NC2CCCCC2)c2ccc(Cl)c(C(F)(F)F)c2)cc1. The van der Waals surface area contributed by atoms with Crippen molar-refractivity contribution in [2.75, 3.05) is 10.8 Å². The van der Waals surface area contributed by atoms with Crippen molar-refractivity contribution in [3.8, 4) is 0 Å². The summed E-state index contributed by atoms with van der Waals surface area (Å²) in [6.45, 7) is 0.781. The Balaban J connectivity index is 1.61. The third-order valence-electron chi connectivity index (χ3n) is 8.90. The number of alkyl halides is 3. The number of sulfonamides is 1. The Morgan fingerprint density at radius 1 is 0.902 bits per heavy atom. The van der Waals surface area contributed by atoms with E-state index in [1.54, 1.807) is 37.3 Å². The van der Waals surface area contributed by atoms with Gasteiger partial charge in [0.15, 0.2) is 0 Å². The van der Waals surface area contributed by atoms with Gasteiger partial charge in [0.25, 0.3) is 10.0 Å². The number of aryl methyl sites for hydroxylation is 1. The van der Waals surface area contributed by atoms with Crippen LogP contribution in [0.3, 0.4) is 0 Å². The molecular formula is C38H38BrClF3N3O4S. The smallest absolute Gasteiger partial charge is 0.352 e. The zero-order valence-corrected chi connectivity index (χ0v) is 31.0. The number of benzene rings is 4. The lowest BCUT2D eigenvalue weighted by molar-refractivity contribution is -0.140. The molecule has 0 aromatic heterocycles. The molecule has 1 fully saturated rings. The molecule has 1 saturated carbocycles. The van der Waals surface area contributed by atoms with Gasteiger partial charge in [-0.05, 0) is 73.4 Å². The van der Waals surface area contributed by atoms with Crippen LogP contribution in [0.5, 0.6) is 0 Å². The largest absolute Gasteiger partial charge is 0.417 e. The summed E-state index contributed by atoms with van der Waals surface area (Å²) in [7, 11) is -4.61. The lowest BCUT2D eigenvalue weighted by Crippen LogP contribution is -2.55. The highest BCUT2D eigenvalue weighted by Gasteiger charge is 2.38. The van der Waals surface area contributed by atoms with Crippen LogP contribution in [0.2, 0.25) is 5.02 Å². The second kappa shape index (κ2) is 16.6. The first-order valence-electron chi connectivity index (χ1n) is 16.6. The summed E-state index contributed by atoms with van der Waals surface area (Å²) in [6, 6.07) is 23.6. The third kappa shape index (κ3) is 9.93. The van der Waals surface area contributed by atoms with Gasteiger partial charge in [-0.15, -0.1) is 0 Å². The molecule has 51 heavy (non-hydrogen) atoms. The van der Waals surface area contributed by atoms with Gasteiger partial charge < -0.3 is 10.2 Å². The van der Waals surface area contributed by atoms with Crippen molar-refractivity contribution in [1.82, 2.24) is 10.2 Å². The molecule has 1 unspecified atom stereocenters. The minimum absolute atomic E-state index is 0.0826. The fourth-order valence-corrected chi connectivity index (χ4v) is 8.26. The van der Waals surface area contributed by atoms with Crippen LogP contribution in [-0.2, 0) is 38.8 Å². The number of anilines is 1. The predicted molar refractivity (Wildman–Crippen MR) is 196 cm³/mol. The van der Waals surface area contributed by atoms with E-state index in [0.29, 0.717) is 15.9 Å². The Morgan fingerprint density at radius 3 is 2.22 bits per heavy atom. The molecule has 13 heteroatoms. The molecular weight excluding hydrogens is 767 g/mol. The van der Waals surface area contributed by atoms with Crippen LogP contribution in [0.1, 0.15) is 54.4 Å². The van der Waals surface area contributed by atoms with Crippen molar-refractivity contribution in [2.45, 2.75) is 75.1 Å². The maximum atomic E-state index is 14.7. The molecule has 4 aromatic rings. The number of carbonyl (C=O) groups is 2. The van der Waals surface area contributed by atoms with E-state index < -0.39 is 56.9 Å². The first kappa shape index (κ1) is 38.4. The van der Waals surface area contributed by atoms with Gasteiger partial charge in [-0.25, -0.2) is 8.42 Å². The first-order valence-corrected chi connectivity index (χ1v) is 19.2. The van der Waals surface area contributed by atoms with Gasteiger partial charge >= 0.3 is 6.18 Å². The molecule has 0 heterocycles. The molecule has 0 bridgehead atoms. The van der Waals surface area contributed by atoms with Gasteiger partial charge in [-0.1, -0.05) is 107 Å². The van der Waals surface area contributed by atoms with Crippen LogP contribution in [-0.4, -0.2) is 43.8 Å². The highest BCUT2D eigenvalue weighted by atomic mass is 79.9. The zero-order chi connectivity index (χ0) is 36.8. The topological polar surface area (TPSA) is 86.8 Å². The maximum absolute atomic E-state index is 14.7. The quantitative estimate of drug-likeness (QED) is 0.155. The number of hydrogen-bond acceptors (Lipinski definition) is 4. The summed E-state index contributed by atoms with van der Waals surface area (Å²) in [5.74, 6) is -1.18.